The van der Waals surface area contributed by atoms with Gasteiger partial charge in [-0.2, -0.15) is 0 Å². The Bertz CT molecular complexity index is 1070. The average molecular weight is 591 g/mol. The summed E-state index contributed by atoms with van der Waals surface area (Å²) >= 11 is 0. The van der Waals surface area contributed by atoms with Crippen molar-refractivity contribution in [3.05, 3.63) is 103 Å². The Morgan fingerprint density at radius 3 is 1.87 bits per heavy atom. The Labute approximate surface area is 191 Å². The van der Waals surface area contributed by atoms with Crippen LogP contribution in [-0.4, -0.2) is 37.1 Å². The van der Waals surface area contributed by atoms with Gasteiger partial charge in [0.2, 0.25) is 0 Å². The number of nitrogens with zero attached hydrogens (tertiary/aromatic N) is 3. The molecule has 2 N–H and O–H groups in total. The monoisotopic (exact) mass is 591 g/mol. The van der Waals surface area contributed by atoms with Crippen LogP contribution in [0, 0.1) is 6.07 Å². The quantitative estimate of drug-likeness (QED) is 0.345. The van der Waals surface area contributed by atoms with Crippen molar-refractivity contribution in [2.75, 3.05) is 0 Å². The smallest absolute Gasteiger partial charge is 0.354 e. The predicted molar refractivity (Wildman–Crippen MR) is 110 cm³/mol. The van der Waals surface area contributed by atoms with Gasteiger partial charge in [0.25, 0.3) is 0 Å². The van der Waals surface area contributed by atoms with Gasteiger partial charge in [-0.3, -0.25) is 9.97 Å². The van der Waals surface area contributed by atoms with Crippen LogP contribution >= 0.6 is 0 Å². The van der Waals surface area contributed by atoms with Crippen molar-refractivity contribution < 1.29 is 39.9 Å². The maximum absolute atomic E-state index is 10.3. The number of hydrogen-bond donors (Lipinski definition) is 2. The van der Waals surface area contributed by atoms with E-state index in [-0.39, 0.29) is 31.5 Å². The number of aromatic nitrogens is 3. The Morgan fingerprint density at radius 1 is 0.677 bits per heavy atom. The second-order valence-electron chi connectivity index (χ2n) is 5.92. The van der Waals surface area contributed by atoms with Crippen molar-refractivity contribution >= 4 is 11.9 Å². The molecule has 8 heteroatoms. The summed E-state index contributed by atoms with van der Waals surface area (Å²) in [5.74, 6) is -2.48. The third kappa shape index (κ3) is 6.64. The molecule has 4 aromatic rings. The Hall–Kier alpha value is -3.74. The molecule has 0 unspecified atom stereocenters. The van der Waals surface area contributed by atoms with Gasteiger partial charge in [-0.1, -0.05) is 24.3 Å². The number of aromatic carboxylic acids is 2. The van der Waals surface area contributed by atoms with E-state index in [1.807, 2.05) is 60.7 Å². The summed E-state index contributed by atoms with van der Waals surface area (Å²) in [6, 6.07) is 26.6. The first-order valence-corrected chi connectivity index (χ1v) is 8.84. The van der Waals surface area contributed by atoms with Crippen molar-refractivity contribution in [1.82, 2.24) is 15.0 Å². The third-order valence-corrected chi connectivity index (χ3v) is 3.85. The average Bonchev–Trinajstić information content (AvgIpc) is 2.81. The van der Waals surface area contributed by atoms with Crippen LogP contribution in [-0.2, 0) is 20.1 Å². The van der Waals surface area contributed by atoms with Gasteiger partial charge in [-0.15, -0.1) is 35.9 Å². The van der Waals surface area contributed by atoms with Crippen LogP contribution in [0.2, 0.25) is 0 Å². The minimum absolute atomic E-state index is 0. The standard InChI is InChI=1S/C16H11N2.C7H5NO4.Ir/c1-2-7-13(8-3-1)14-10-6-11-16(18-14)15-9-4-5-12-17-15;9-6(10)4-2-1-3-5(8-4)7(11)12;/h1-7,9-12H;1-3H,(H,9,10)(H,11,12);/q-1;;. The molecule has 1 aromatic carbocycles. The van der Waals surface area contributed by atoms with Crippen LogP contribution in [0.4, 0.5) is 0 Å². The molecule has 157 valence electrons. The summed E-state index contributed by atoms with van der Waals surface area (Å²) in [6.45, 7) is 0. The van der Waals surface area contributed by atoms with E-state index in [1.165, 1.54) is 18.2 Å². The molecule has 0 bridgehead atoms. The van der Waals surface area contributed by atoms with Gasteiger partial charge in [0.05, 0.1) is 11.4 Å². The molecule has 1 radical (unpaired) electrons. The van der Waals surface area contributed by atoms with Gasteiger partial charge in [-0.05, 0) is 36.0 Å². The predicted octanol–water partition coefficient (Wildman–Crippen LogP) is 4.09. The summed E-state index contributed by atoms with van der Waals surface area (Å²) in [6.07, 6.45) is 1.78. The van der Waals surface area contributed by atoms with E-state index in [0.29, 0.717) is 0 Å². The summed E-state index contributed by atoms with van der Waals surface area (Å²) in [5.41, 5.74) is 3.14. The van der Waals surface area contributed by atoms with Crippen molar-refractivity contribution in [1.29, 1.82) is 0 Å². The van der Waals surface area contributed by atoms with Gasteiger partial charge < -0.3 is 10.2 Å². The van der Waals surface area contributed by atoms with Gasteiger partial charge in [0.15, 0.2) is 0 Å². The van der Waals surface area contributed by atoms with E-state index in [9.17, 15) is 9.59 Å². The van der Waals surface area contributed by atoms with Gasteiger partial charge in [-0.25, -0.2) is 14.6 Å². The second-order valence-corrected chi connectivity index (χ2v) is 5.92. The van der Waals surface area contributed by atoms with Crippen molar-refractivity contribution in [3.63, 3.8) is 0 Å². The molecule has 3 heterocycles. The minimum Gasteiger partial charge on any atom is -0.477 e. The molecule has 0 saturated carbocycles. The van der Waals surface area contributed by atoms with E-state index in [4.69, 9.17) is 10.2 Å². The van der Waals surface area contributed by atoms with Crippen LogP contribution in [0.3, 0.4) is 0 Å². The zero-order chi connectivity index (χ0) is 21.3. The van der Waals surface area contributed by atoms with Crippen molar-refractivity contribution in [2.45, 2.75) is 0 Å². The van der Waals surface area contributed by atoms with Gasteiger partial charge in [0, 0.05) is 26.3 Å². The number of hydrogen-bond acceptors (Lipinski definition) is 5. The molecule has 0 atom stereocenters. The number of carboxylic acids is 2. The molecule has 0 saturated heterocycles. The number of pyridine rings is 3. The zero-order valence-electron chi connectivity index (χ0n) is 16.0. The van der Waals surface area contributed by atoms with Crippen molar-refractivity contribution in [2.24, 2.45) is 0 Å². The first-order valence-electron chi connectivity index (χ1n) is 8.84. The summed E-state index contributed by atoms with van der Waals surface area (Å²) in [7, 11) is 0. The molecule has 31 heavy (non-hydrogen) atoms. The third-order valence-electron chi connectivity index (χ3n) is 3.85. The molecular formula is C23H16IrN3O4-. The van der Waals surface area contributed by atoms with Gasteiger partial charge >= 0.3 is 11.9 Å². The molecule has 7 nitrogen and oxygen atoms in total. The van der Waals surface area contributed by atoms with E-state index >= 15 is 0 Å². The first kappa shape index (κ1) is 23.5. The minimum atomic E-state index is -1.24. The van der Waals surface area contributed by atoms with E-state index in [2.05, 4.69) is 21.0 Å². The molecule has 0 aliphatic carbocycles. The molecule has 3 aromatic heterocycles. The fourth-order valence-electron chi connectivity index (χ4n) is 2.47. The Balaban J connectivity index is 0.000000231. The maximum Gasteiger partial charge on any atom is 0.354 e. The van der Waals surface area contributed by atoms with E-state index < -0.39 is 11.9 Å². The van der Waals surface area contributed by atoms with Crippen LogP contribution in [0.15, 0.2) is 85.1 Å². The number of benzene rings is 1. The fraction of sp³-hybridized carbons (Fsp3) is 0. The molecular weight excluding hydrogens is 574 g/mol. The maximum atomic E-state index is 10.3. The van der Waals surface area contributed by atoms with E-state index in [1.54, 1.807) is 6.20 Å². The van der Waals surface area contributed by atoms with Crippen molar-refractivity contribution in [3.8, 4) is 22.6 Å². The molecule has 0 fully saturated rings. The van der Waals surface area contributed by atoms with Crippen LogP contribution < -0.4 is 0 Å². The Kier molecular flexibility index (Phi) is 8.69. The van der Waals surface area contributed by atoms with E-state index in [0.717, 1.165) is 22.6 Å². The molecule has 0 spiro atoms. The molecule has 0 aliphatic heterocycles. The second kappa shape index (κ2) is 11.4. The summed E-state index contributed by atoms with van der Waals surface area (Å²) < 4.78 is 0. The van der Waals surface area contributed by atoms with Gasteiger partial charge in [0.1, 0.15) is 11.4 Å². The fourth-order valence-corrected chi connectivity index (χ4v) is 2.47. The van der Waals surface area contributed by atoms with Crippen LogP contribution in [0.5, 0.6) is 0 Å². The topological polar surface area (TPSA) is 113 Å². The number of rotatable bonds is 4. The Morgan fingerprint density at radius 2 is 1.29 bits per heavy atom. The first-order chi connectivity index (χ1) is 14.5. The SMILES string of the molecule is O=C(O)c1cccc(C(=O)O)n1.[Ir].[c-]1ccccc1-c1cccc(-c2ccccn2)n1. The molecule has 0 aliphatic rings. The largest absolute Gasteiger partial charge is 0.477 e. The number of carboxylic acid groups (broad SMARTS) is 2. The molecule has 4 rings (SSSR count). The number of carbonyl (C=O) groups is 2. The normalized spacial score (nSPS) is 9.55. The zero-order valence-corrected chi connectivity index (χ0v) is 18.4. The summed E-state index contributed by atoms with van der Waals surface area (Å²) in [4.78, 5) is 32.9. The molecule has 0 amide bonds. The summed E-state index contributed by atoms with van der Waals surface area (Å²) in [5, 5.41) is 16.9. The van der Waals surface area contributed by atoms with Crippen LogP contribution in [0.25, 0.3) is 22.6 Å². The van der Waals surface area contributed by atoms with Crippen LogP contribution in [0.1, 0.15) is 21.0 Å².